The lowest BCUT2D eigenvalue weighted by Gasteiger charge is -2.26. The van der Waals surface area contributed by atoms with Gasteiger partial charge in [0.1, 0.15) is 0 Å². The molecule has 0 aromatic heterocycles. The number of hydrogen-bond acceptors (Lipinski definition) is 3. The highest BCUT2D eigenvalue weighted by molar-refractivity contribution is 5.76. The maximum Gasteiger partial charge on any atom is 0.0918 e. The summed E-state index contributed by atoms with van der Waals surface area (Å²) in [5.74, 6) is 0.262. The summed E-state index contributed by atoms with van der Waals surface area (Å²) >= 11 is 0. The van der Waals surface area contributed by atoms with Gasteiger partial charge in [0.05, 0.1) is 11.9 Å². The molecule has 0 aromatic rings. The van der Waals surface area contributed by atoms with E-state index in [-0.39, 0.29) is 5.84 Å². The molecule has 0 saturated carbocycles. The highest BCUT2D eigenvalue weighted by Crippen LogP contribution is 2.17. The molecule has 1 fully saturated rings. The molecule has 0 bridgehead atoms. The van der Waals surface area contributed by atoms with Crippen LogP contribution < -0.4 is 5.73 Å². The lowest BCUT2D eigenvalue weighted by atomic mass is 10.1. The number of rotatable bonds is 4. The van der Waals surface area contributed by atoms with Crippen LogP contribution >= 0.6 is 0 Å². The van der Waals surface area contributed by atoms with E-state index in [0.717, 1.165) is 19.6 Å². The minimum Gasteiger partial charge on any atom is -0.388 e. The van der Waals surface area contributed by atoms with Gasteiger partial charge in [-0.2, -0.15) is 0 Å². The molecule has 76 valence electrons. The van der Waals surface area contributed by atoms with E-state index in [1.807, 2.05) is 0 Å². The van der Waals surface area contributed by atoms with Crippen LogP contribution in [0.1, 0.15) is 19.8 Å². The third-order valence-electron chi connectivity index (χ3n) is 2.64. The minimum atomic E-state index is 0.262. The fraction of sp³-hybridized carbons (Fsp3) is 0.889. The Morgan fingerprint density at radius 3 is 2.85 bits per heavy atom. The number of hydrogen-bond donors (Lipinski definition) is 2. The molecule has 1 saturated heterocycles. The molecule has 0 amide bonds. The highest BCUT2D eigenvalue weighted by Gasteiger charge is 2.27. The molecule has 2 atom stereocenters. The normalized spacial score (nSPS) is 28.2. The summed E-state index contributed by atoms with van der Waals surface area (Å²) < 4.78 is 5.47. The van der Waals surface area contributed by atoms with E-state index in [1.54, 1.807) is 0 Å². The van der Waals surface area contributed by atoms with E-state index in [1.165, 1.54) is 0 Å². The molecule has 4 nitrogen and oxygen atoms in total. The molecule has 1 rings (SSSR count). The minimum absolute atomic E-state index is 0.262. The van der Waals surface area contributed by atoms with Crippen LogP contribution in [0.4, 0.5) is 0 Å². The molecular weight excluding hydrogens is 166 g/mol. The average molecular weight is 185 g/mol. The standard InChI is InChI=1S/C9H19N3O/c1-7-8(4-6-13-7)12(2)5-3-9(10)11/h7-8H,3-6H2,1-2H3,(H3,10,11). The molecule has 3 N–H and O–H groups in total. The average Bonchev–Trinajstić information content (AvgIpc) is 2.47. The van der Waals surface area contributed by atoms with E-state index in [0.29, 0.717) is 18.6 Å². The van der Waals surface area contributed by atoms with E-state index < -0.39 is 0 Å². The number of nitrogens with one attached hydrogen (secondary N) is 1. The Morgan fingerprint density at radius 1 is 1.69 bits per heavy atom. The number of ether oxygens (including phenoxy) is 1. The molecule has 13 heavy (non-hydrogen) atoms. The predicted octanol–water partition coefficient (Wildman–Crippen LogP) is 0.422. The van der Waals surface area contributed by atoms with Crippen molar-refractivity contribution in [1.29, 1.82) is 5.41 Å². The molecule has 2 unspecified atom stereocenters. The Bertz CT molecular complexity index is 184. The molecule has 4 heteroatoms. The second kappa shape index (κ2) is 4.58. The van der Waals surface area contributed by atoms with Crippen molar-refractivity contribution in [3.05, 3.63) is 0 Å². The number of nitrogens with two attached hydrogens (primary N) is 1. The van der Waals surface area contributed by atoms with Gasteiger partial charge < -0.3 is 15.4 Å². The van der Waals surface area contributed by atoms with Crippen molar-refractivity contribution in [2.45, 2.75) is 31.9 Å². The zero-order chi connectivity index (χ0) is 9.84. The van der Waals surface area contributed by atoms with Gasteiger partial charge in [-0.15, -0.1) is 0 Å². The molecule has 1 aliphatic heterocycles. The predicted molar refractivity (Wildman–Crippen MR) is 53.0 cm³/mol. The van der Waals surface area contributed by atoms with Gasteiger partial charge in [-0.25, -0.2) is 0 Å². The van der Waals surface area contributed by atoms with Crippen LogP contribution in [0, 0.1) is 5.41 Å². The van der Waals surface area contributed by atoms with E-state index in [4.69, 9.17) is 15.9 Å². The number of nitrogens with zero attached hydrogens (tertiary/aromatic N) is 1. The van der Waals surface area contributed by atoms with Gasteiger partial charge in [-0.1, -0.05) is 0 Å². The lowest BCUT2D eigenvalue weighted by molar-refractivity contribution is 0.0846. The van der Waals surface area contributed by atoms with Crippen molar-refractivity contribution in [3.8, 4) is 0 Å². The largest absolute Gasteiger partial charge is 0.388 e. The van der Waals surface area contributed by atoms with Crippen molar-refractivity contribution in [3.63, 3.8) is 0 Å². The Morgan fingerprint density at radius 2 is 2.38 bits per heavy atom. The Labute approximate surface area is 79.6 Å². The fourth-order valence-electron chi connectivity index (χ4n) is 1.76. The lowest BCUT2D eigenvalue weighted by Crippen LogP contribution is -2.38. The van der Waals surface area contributed by atoms with Gasteiger partial charge in [0.15, 0.2) is 0 Å². The van der Waals surface area contributed by atoms with Crippen molar-refractivity contribution < 1.29 is 4.74 Å². The summed E-state index contributed by atoms with van der Waals surface area (Å²) in [6.07, 6.45) is 2.06. The monoisotopic (exact) mass is 185 g/mol. The first kappa shape index (κ1) is 10.5. The summed E-state index contributed by atoms with van der Waals surface area (Å²) in [7, 11) is 2.07. The van der Waals surface area contributed by atoms with E-state index >= 15 is 0 Å². The van der Waals surface area contributed by atoms with Gasteiger partial charge >= 0.3 is 0 Å². The van der Waals surface area contributed by atoms with Gasteiger partial charge in [-0.3, -0.25) is 5.41 Å². The van der Waals surface area contributed by atoms with Gasteiger partial charge in [-0.05, 0) is 20.4 Å². The first-order chi connectivity index (χ1) is 6.11. The van der Waals surface area contributed by atoms with Crippen LogP contribution in [-0.2, 0) is 4.74 Å². The third-order valence-corrected chi connectivity index (χ3v) is 2.64. The van der Waals surface area contributed by atoms with Crippen molar-refractivity contribution in [2.24, 2.45) is 5.73 Å². The quantitative estimate of drug-likeness (QED) is 0.493. The second-order valence-electron chi connectivity index (χ2n) is 3.69. The molecule has 0 radical (unpaired) electrons. The molecule has 1 heterocycles. The molecule has 0 aliphatic carbocycles. The number of amidine groups is 1. The van der Waals surface area contributed by atoms with E-state index in [2.05, 4.69) is 18.9 Å². The Balaban J connectivity index is 2.29. The van der Waals surface area contributed by atoms with E-state index in [9.17, 15) is 0 Å². The van der Waals surface area contributed by atoms with Crippen molar-refractivity contribution in [1.82, 2.24) is 4.90 Å². The summed E-state index contributed by atoms with van der Waals surface area (Å²) in [5, 5.41) is 7.13. The van der Waals surface area contributed by atoms with Gasteiger partial charge in [0.25, 0.3) is 0 Å². The van der Waals surface area contributed by atoms with Gasteiger partial charge in [0.2, 0.25) is 0 Å². The first-order valence-electron chi connectivity index (χ1n) is 4.76. The molecular formula is C9H19N3O. The smallest absolute Gasteiger partial charge is 0.0918 e. The third kappa shape index (κ3) is 2.97. The van der Waals surface area contributed by atoms with Crippen LogP contribution in [0.25, 0.3) is 0 Å². The maximum atomic E-state index is 7.13. The second-order valence-corrected chi connectivity index (χ2v) is 3.69. The fourth-order valence-corrected chi connectivity index (χ4v) is 1.76. The highest BCUT2D eigenvalue weighted by atomic mass is 16.5. The van der Waals surface area contributed by atoms with Crippen LogP contribution in [0.5, 0.6) is 0 Å². The first-order valence-corrected chi connectivity index (χ1v) is 4.76. The van der Waals surface area contributed by atoms with Crippen molar-refractivity contribution >= 4 is 5.84 Å². The summed E-state index contributed by atoms with van der Waals surface area (Å²) in [5.41, 5.74) is 5.30. The SMILES string of the molecule is CC1OCCC1N(C)CCC(=N)N. The molecule has 0 aromatic carbocycles. The van der Waals surface area contributed by atoms with Crippen molar-refractivity contribution in [2.75, 3.05) is 20.2 Å². The van der Waals surface area contributed by atoms with Crippen LogP contribution in [-0.4, -0.2) is 43.1 Å². The van der Waals surface area contributed by atoms with Gasteiger partial charge in [0, 0.05) is 25.6 Å². The molecule has 0 spiro atoms. The summed E-state index contributed by atoms with van der Waals surface area (Å²) in [6.45, 7) is 3.81. The van der Waals surface area contributed by atoms with Crippen LogP contribution in [0.3, 0.4) is 0 Å². The van der Waals surface area contributed by atoms with Crippen LogP contribution in [0.2, 0.25) is 0 Å². The summed E-state index contributed by atoms with van der Waals surface area (Å²) in [4.78, 5) is 2.24. The zero-order valence-electron chi connectivity index (χ0n) is 8.42. The topological polar surface area (TPSA) is 62.3 Å². The molecule has 1 aliphatic rings. The Hall–Kier alpha value is -0.610. The summed E-state index contributed by atoms with van der Waals surface area (Å²) in [6, 6.07) is 0.499. The maximum absolute atomic E-state index is 7.13. The zero-order valence-corrected chi connectivity index (χ0v) is 8.42. The number of likely N-dealkylation sites (N-methyl/N-ethyl adjacent to an activating group) is 1. The Kier molecular flexibility index (Phi) is 3.69. The van der Waals surface area contributed by atoms with Crippen LogP contribution in [0.15, 0.2) is 0 Å².